The van der Waals surface area contributed by atoms with Gasteiger partial charge in [0.2, 0.25) is 0 Å². The Labute approximate surface area is 171 Å². The molecule has 0 spiro atoms. The van der Waals surface area contributed by atoms with Crippen molar-refractivity contribution in [3.05, 3.63) is 42.2 Å². The van der Waals surface area contributed by atoms with Gasteiger partial charge in [-0.2, -0.15) is 0 Å². The third kappa shape index (κ3) is 3.34. The minimum atomic E-state index is 0.726. The highest BCUT2D eigenvalue weighted by molar-refractivity contribution is 5.99. The number of fused-ring (bicyclic) bond motifs is 2. The highest BCUT2D eigenvalue weighted by atomic mass is 16.5. The maximum atomic E-state index is 5.53. The van der Waals surface area contributed by atoms with Crippen LogP contribution in [0.25, 0.3) is 33.2 Å². The van der Waals surface area contributed by atoms with Crippen LogP contribution in [0.2, 0.25) is 0 Å². The van der Waals surface area contributed by atoms with Crippen molar-refractivity contribution in [2.45, 2.75) is 20.4 Å². The number of benzene rings is 1. The minimum absolute atomic E-state index is 0.726. The second-order valence-electron chi connectivity index (χ2n) is 7.25. The lowest BCUT2D eigenvalue weighted by atomic mass is 10.1. The molecule has 4 rings (SSSR count). The number of aryl methyl sites for hydroxylation is 1. The molecule has 0 atom stereocenters. The van der Waals surface area contributed by atoms with Crippen molar-refractivity contribution in [3.8, 4) is 22.8 Å². The Morgan fingerprint density at radius 1 is 1.03 bits per heavy atom. The largest absolute Gasteiger partial charge is 0.493 e. The van der Waals surface area contributed by atoms with Crippen LogP contribution in [0.5, 0.6) is 11.5 Å². The number of aromatic nitrogens is 3. The van der Waals surface area contributed by atoms with E-state index >= 15 is 0 Å². The molecule has 1 aromatic carbocycles. The van der Waals surface area contributed by atoms with Gasteiger partial charge in [0.1, 0.15) is 5.65 Å². The van der Waals surface area contributed by atoms with Crippen molar-refractivity contribution in [2.75, 3.05) is 27.3 Å². The van der Waals surface area contributed by atoms with E-state index in [4.69, 9.17) is 9.47 Å². The fourth-order valence-electron chi connectivity index (χ4n) is 3.98. The molecule has 4 aromatic rings. The fourth-order valence-corrected chi connectivity index (χ4v) is 3.98. The van der Waals surface area contributed by atoms with Crippen LogP contribution in [0.15, 0.2) is 36.7 Å². The first kappa shape index (κ1) is 19.3. The molecule has 0 unspecified atom stereocenters. The summed E-state index contributed by atoms with van der Waals surface area (Å²) in [6.45, 7) is 7.37. The van der Waals surface area contributed by atoms with Crippen molar-refractivity contribution in [2.24, 2.45) is 7.05 Å². The van der Waals surface area contributed by atoms with Crippen LogP contribution < -0.4 is 9.47 Å². The van der Waals surface area contributed by atoms with E-state index in [1.54, 1.807) is 14.2 Å². The van der Waals surface area contributed by atoms with Gasteiger partial charge >= 0.3 is 0 Å². The zero-order valence-electron chi connectivity index (χ0n) is 17.7. The second kappa shape index (κ2) is 7.79. The summed E-state index contributed by atoms with van der Waals surface area (Å²) in [5.41, 5.74) is 5.48. The first-order valence-corrected chi connectivity index (χ1v) is 9.99. The summed E-state index contributed by atoms with van der Waals surface area (Å²) in [6, 6.07) is 8.39. The van der Waals surface area contributed by atoms with Crippen molar-refractivity contribution >= 4 is 21.9 Å². The van der Waals surface area contributed by atoms with Gasteiger partial charge in [0.05, 0.1) is 19.7 Å². The third-order valence-electron chi connectivity index (χ3n) is 5.70. The molecule has 6 heteroatoms. The zero-order valence-corrected chi connectivity index (χ0v) is 17.7. The maximum absolute atomic E-state index is 5.53. The Morgan fingerprint density at radius 3 is 2.45 bits per heavy atom. The van der Waals surface area contributed by atoms with Gasteiger partial charge in [-0.05, 0) is 36.9 Å². The summed E-state index contributed by atoms with van der Waals surface area (Å²) in [6.07, 6.45) is 4.02. The Morgan fingerprint density at radius 2 is 1.76 bits per heavy atom. The Hall–Kier alpha value is -2.99. The van der Waals surface area contributed by atoms with Crippen LogP contribution in [0.3, 0.4) is 0 Å². The number of methoxy groups -OCH3 is 2. The Bertz CT molecular complexity index is 1150. The first-order valence-electron chi connectivity index (χ1n) is 9.99. The molecule has 0 bridgehead atoms. The monoisotopic (exact) mass is 392 g/mol. The quantitative estimate of drug-likeness (QED) is 0.500. The summed E-state index contributed by atoms with van der Waals surface area (Å²) in [7, 11) is 5.37. The Kier molecular flexibility index (Phi) is 5.20. The van der Waals surface area contributed by atoms with Gasteiger partial charge in [-0.15, -0.1) is 0 Å². The number of rotatable bonds is 7. The number of aromatic amines is 1. The molecule has 29 heavy (non-hydrogen) atoms. The van der Waals surface area contributed by atoms with E-state index in [0.717, 1.165) is 58.9 Å². The van der Waals surface area contributed by atoms with Gasteiger partial charge in [-0.1, -0.05) is 13.8 Å². The lowest BCUT2D eigenvalue weighted by Crippen LogP contribution is -2.22. The lowest BCUT2D eigenvalue weighted by Gasteiger charge is -2.18. The molecule has 1 N–H and O–H groups in total. The molecule has 6 nitrogen and oxygen atoms in total. The molecule has 0 saturated heterocycles. The third-order valence-corrected chi connectivity index (χ3v) is 5.70. The normalized spacial score (nSPS) is 11.7. The summed E-state index contributed by atoms with van der Waals surface area (Å²) in [5, 5.41) is 2.29. The van der Waals surface area contributed by atoms with Gasteiger partial charge in [-0.25, -0.2) is 4.98 Å². The van der Waals surface area contributed by atoms with E-state index in [0.29, 0.717) is 0 Å². The van der Waals surface area contributed by atoms with E-state index in [-0.39, 0.29) is 0 Å². The van der Waals surface area contributed by atoms with Crippen LogP contribution >= 0.6 is 0 Å². The van der Waals surface area contributed by atoms with Crippen molar-refractivity contribution < 1.29 is 9.47 Å². The second-order valence-corrected chi connectivity index (χ2v) is 7.25. The van der Waals surface area contributed by atoms with Crippen LogP contribution in [0.4, 0.5) is 0 Å². The van der Waals surface area contributed by atoms with Crippen molar-refractivity contribution in [3.63, 3.8) is 0 Å². The molecule has 0 saturated carbocycles. The standard InChI is InChI=1S/C23H28N4O2/c1-6-27(7-2)13-15-8-9-24-23-16(15)10-19(25-23)18-14-26(3)20-12-22(29-5)21(28-4)11-17(18)20/h8-12,14H,6-7,13H2,1-5H3,(H,24,25). The maximum Gasteiger partial charge on any atom is 0.162 e. The summed E-state index contributed by atoms with van der Waals surface area (Å²) >= 11 is 0. The Balaban J connectivity index is 1.86. The first-order chi connectivity index (χ1) is 14.1. The van der Waals surface area contributed by atoms with Gasteiger partial charge in [-0.3, -0.25) is 4.90 Å². The van der Waals surface area contributed by atoms with Crippen LogP contribution in [0.1, 0.15) is 19.4 Å². The molecule has 0 aliphatic heterocycles. The van der Waals surface area contributed by atoms with Gasteiger partial charge < -0.3 is 19.0 Å². The van der Waals surface area contributed by atoms with E-state index < -0.39 is 0 Å². The minimum Gasteiger partial charge on any atom is -0.493 e. The van der Waals surface area contributed by atoms with E-state index in [2.05, 4.69) is 51.6 Å². The number of nitrogens with zero attached hydrogens (tertiary/aromatic N) is 3. The number of pyridine rings is 1. The van der Waals surface area contributed by atoms with E-state index in [9.17, 15) is 0 Å². The van der Waals surface area contributed by atoms with Crippen LogP contribution in [-0.4, -0.2) is 46.7 Å². The lowest BCUT2D eigenvalue weighted by molar-refractivity contribution is 0.297. The molecule has 0 radical (unpaired) electrons. The average Bonchev–Trinajstić information content (AvgIpc) is 3.32. The number of hydrogen-bond donors (Lipinski definition) is 1. The molecule has 3 heterocycles. The summed E-state index contributed by atoms with van der Waals surface area (Å²) in [4.78, 5) is 10.5. The van der Waals surface area contributed by atoms with Crippen molar-refractivity contribution in [1.29, 1.82) is 0 Å². The molecular weight excluding hydrogens is 364 g/mol. The van der Waals surface area contributed by atoms with E-state index in [1.807, 2.05) is 25.4 Å². The molecule has 0 aliphatic carbocycles. The zero-order chi connectivity index (χ0) is 20.5. The molecule has 0 fully saturated rings. The number of nitrogens with one attached hydrogen (secondary N) is 1. The summed E-state index contributed by atoms with van der Waals surface area (Å²) in [5.74, 6) is 1.46. The molecular formula is C23H28N4O2. The van der Waals surface area contributed by atoms with E-state index in [1.165, 1.54) is 10.9 Å². The molecule has 0 amide bonds. The van der Waals surface area contributed by atoms with Gasteiger partial charge in [0, 0.05) is 54.1 Å². The SMILES string of the molecule is CCN(CC)Cc1ccnc2[nH]c(-c3cn(C)c4cc(OC)c(OC)cc34)cc12. The highest BCUT2D eigenvalue weighted by Gasteiger charge is 2.17. The molecule has 152 valence electrons. The summed E-state index contributed by atoms with van der Waals surface area (Å²) < 4.78 is 13.1. The van der Waals surface area contributed by atoms with Crippen LogP contribution in [-0.2, 0) is 13.6 Å². The smallest absolute Gasteiger partial charge is 0.162 e. The molecule has 0 aliphatic rings. The molecule has 3 aromatic heterocycles. The van der Waals surface area contributed by atoms with Crippen molar-refractivity contribution in [1.82, 2.24) is 19.4 Å². The highest BCUT2D eigenvalue weighted by Crippen LogP contribution is 2.38. The predicted molar refractivity (Wildman–Crippen MR) is 118 cm³/mol. The number of hydrogen-bond acceptors (Lipinski definition) is 4. The average molecular weight is 393 g/mol. The van der Waals surface area contributed by atoms with Crippen LogP contribution in [0, 0.1) is 0 Å². The van der Waals surface area contributed by atoms with Gasteiger partial charge in [0.25, 0.3) is 0 Å². The number of H-pyrrole nitrogens is 1. The van der Waals surface area contributed by atoms with Gasteiger partial charge in [0.15, 0.2) is 11.5 Å². The predicted octanol–water partition coefficient (Wildman–Crippen LogP) is 4.58. The fraction of sp³-hybridized carbons (Fsp3) is 0.348. The number of ether oxygens (including phenoxy) is 2. The topological polar surface area (TPSA) is 55.3 Å².